The van der Waals surface area contributed by atoms with Gasteiger partial charge in [-0.2, -0.15) is 0 Å². The third kappa shape index (κ3) is 3.60. The SMILES string of the molecule is C=c1[nH]c2c(C(=O)N[C@@H]3CCCNC3)sc3nccc(c32)n1-c1ccc(-c2cccs2)cc1. The first-order chi connectivity index (χ1) is 16.2. The Bertz CT molecular complexity index is 1500. The molecule has 8 heteroatoms. The summed E-state index contributed by atoms with van der Waals surface area (Å²) in [5, 5.41) is 9.59. The van der Waals surface area contributed by atoms with E-state index >= 15 is 0 Å². The molecule has 1 saturated heterocycles. The number of pyridine rings is 1. The second-order valence-electron chi connectivity index (χ2n) is 8.26. The van der Waals surface area contributed by atoms with E-state index in [1.807, 2.05) is 6.07 Å². The summed E-state index contributed by atoms with van der Waals surface area (Å²) in [6.07, 6.45) is 3.87. The van der Waals surface area contributed by atoms with Crippen molar-refractivity contribution in [1.82, 2.24) is 25.2 Å². The molecular weight excluding hydrogens is 450 g/mol. The summed E-state index contributed by atoms with van der Waals surface area (Å²) in [5.41, 5.74) is 4.70. The van der Waals surface area contributed by atoms with Crippen LogP contribution in [-0.4, -0.2) is 39.6 Å². The number of carbonyl (C=O) groups excluding carboxylic acids is 1. The molecule has 1 fully saturated rings. The Kier molecular flexibility index (Phi) is 5.13. The van der Waals surface area contributed by atoms with E-state index < -0.39 is 0 Å². The quantitative estimate of drug-likeness (QED) is 0.361. The van der Waals surface area contributed by atoms with Crippen molar-refractivity contribution in [2.45, 2.75) is 18.9 Å². The molecule has 1 aliphatic heterocycles. The minimum absolute atomic E-state index is 0.0540. The van der Waals surface area contributed by atoms with E-state index in [2.05, 4.69) is 73.5 Å². The fourth-order valence-corrected chi connectivity index (χ4v) is 6.31. The number of H-pyrrole nitrogens is 1. The first kappa shape index (κ1) is 20.4. The van der Waals surface area contributed by atoms with Crippen LogP contribution in [0.4, 0.5) is 0 Å². The van der Waals surface area contributed by atoms with Crippen LogP contribution in [-0.2, 0) is 0 Å². The summed E-state index contributed by atoms with van der Waals surface area (Å²) >= 11 is 3.16. The summed E-state index contributed by atoms with van der Waals surface area (Å²) in [6, 6.07) is 14.8. The molecule has 166 valence electrons. The summed E-state index contributed by atoms with van der Waals surface area (Å²) in [4.78, 5) is 23.9. The van der Waals surface area contributed by atoms with Gasteiger partial charge in [0.25, 0.3) is 5.91 Å². The Morgan fingerprint density at radius 2 is 2.09 bits per heavy atom. The van der Waals surface area contributed by atoms with E-state index in [1.54, 1.807) is 17.5 Å². The lowest BCUT2D eigenvalue weighted by molar-refractivity contribution is 0.0936. The van der Waals surface area contributed by atoms with Gasteiger partial charge in [0.15, 0.2) is 0 Å². The number of nitrogens with one attached hydrogen (secondary N) is 3. The lowest BCUT2D eigenvalue weighted by atomic mass is 10.1. The summed E-state index contributed by atoms with van der Waals surface area (Å²) in [6.45, 7) is 6.11. The van der Waals surface area contributed by atoms with Crippen LogP contribution in [0.3, 0.4) is 0 Å². The largest absolute Gasteiger partial charge is 0.347 e. The smallest absolute Gasteiger partial charge is 0.263 e. The highest BCUT2D eigenvalue weighted by Gasteiger charge is 2.23. The summed E-state index contributed by atoms with van der Waals surface area (Å²) in [7, 11) is 0. The van der Waals surface area contributed by atoms with Crippen molar-refractivity contribution in [3.05, 3.63) is 64.4 Å². The zero-order chi connectivity index (χ0) is 22.4. The van der Waals surface area contributed by atoms with E-state index in [0.717, 1.165) is 52.9 Å². The Morgan fingerprint density at radius 3 is 2.85 bits per heavy atom. The van der Waals surface area contributed by atoms with Crippen LogP contribution < -0.4 is 16.1 Å². The zero-order valence-corrected chi connectivity index (χ0v) is 19.6. The van der Waals surface area contributed by atoms with Crippen LogP contribution in [0.5, 0.6) is 0 Å². The molecule has 0 radical (unpaired) electrons. The molecule has 1 atom stereocenters. The predicted molar refractivity (Wildman–Crippen MR) is 137 cm³/mol. The van der Waals surface area contributed by atoms with E-state index in [0.29, 0.717) is 10.4 Å². The van der Waals surface area contributed by atoms with Crippen molar-refractivity contribution >= 4 is 56.4 Å². The number of carbonyl (C=O) groups is 1. The van der Waals surface area contributed by atoms with Gasteiger partial charge in [0.05, 0.1) is 16.4 Å². The molecule has 6 rings (SSSR count). The molecule has 5 aromatic rings. The van der Waals surface area contributed by atoms with Crippen molar-refractivity contribution in [1.29, 1.82) is 0 Å². The summed E-state index contributed by atoms with van der Waals surface area (Å²) in [5.74, 6) is -0.0540. The fourth-order valence-electron chi connectivity index (χ4n) is 4.56. The van der Waals surface area contributed by atoms with Gasteiger partial charge in [-0.3, -0.25) is 9.36 Å². The van der Waals surface area contributed by atoms with Crippen molar-refractivity contribution in [2.75, 3.05) is 13.1 Å². The van der Waals surface area contributed by atoms with E-state index in [-0.39, 0.29) is 11.9 Å². The zero-order valence-electron chi connectivity index (χ0n) is 17.9. The molecule has 0 spiro atoms. The highest BCUT2D eigenvalue weighted by atomic mass is 32.1. The molecule has 0 bridgehead atoms. The number of benzene rings is 1. The average Bonchev–Trinajstić information content (AvgIpc) is 3.50. The van der Waals surface area contributed by atoms with Gasteiger partial charge in [-0.1, -0.05) is 24.8 Å². The molecule has 1 aromatic carbocycles. The maximum absolute atomic E-state index is 13.2. The molecule has 0 unspecified atom stereocenters. The number of hydrogen-bond donors (Lipinski definition) is 3. The van der Waals surface area contributed by atoms with Crippen molar-refractivity contribution in [3.63, 3.8) is 0 Å². The molecule has 3 N–H and O–H groups in total. The molecular formula is C25H23N5OS2. The van der Waals surface area contributed by atoms with Gasteiger partial charge in [-0.25, -0.2) is 4.98 Å². The standard InChI is InChI=1S/C25H23N5OS2/c1-15-28-22-21-19(30(15)18-8-6-16(7-9-18)20-5-3-13-32-20)10-12-27-25(21)33-23(22)24(31)29-17-4-2-11-26-14-17/h3,5-10,12-13,17,26,28H,1-2,4,11,14H2,(H,29,31)/t17-/m1/s1. The van der Waals surface area contributed by atoms with Crippen LogP contribution in [0.2, 0.25) is 0 Å². The highest BCUT2D eigenvalue weighted by Crippen LogP contribution is 2.34. The Labute approximate surface area is 198 Å². The molecule has 0 saturated carbocycles. The van der Waals surface area contributed by atoms with Gasteiger partial charge in [-0.15, -0.1) is 22.7 Å². The van der Waals surface area contributed by atoms with Crippen LogP contribution >= 0.6 is 22.7 Å². The maximum Gasteiger partial charge on any atom is 0.263 e. The first-order valence-corrected chi connectivity index (χ1v) is 12.7. The second kappa shape index (κ2) is 8.30. The van der Waals surface area contributed by atoms with Crippen LogP contribution in [0.15, 0.2) is 54.0 Å². The van der Waals surface area contributed by atoms with Gasteiger partial charge in [0.2, 0.25) is 0 Å². The van der Waals surface area contributed by atoms with Crippen LogP contribution in [0.1, 0.15) is 22.5 Å². The minimum Gasteiger partial charge on any atom is -0.347 e. The number of piperidine rings is 1. The molecule has 0 aliphatic carbocycles. The third-order valence-electron chi connectivity index (χ3n) is 6.12. The number of amides is 1. The Morgan fingerprint density at radius 1 is 1.21 bits per heavy atom. The second-order valence-corrected chi connectivity index (χ2v) is 10.2. The minimum atomic E-state index is -0.0540. The van der Waals surface area contributed by atoms with Gasteiger partial charge < -0.3 is 15.6 Å². The first-order valence-electron chi connectivity index (χ1n) is 11.0. The Hall–Kier alpha value is -3.20. The average molecular weight is 474 g/mol. The number of hydrogen-bond acceptors (Lipinski definition) is 5. The number of rotatable bonds is 4. The normalized spacial score (nSPS) is 16.4. The maximum atomic E-state index is 13.2. The third-order valence-corrected chi connectivity index (χ3v) is 8.14. The molecule has 1 amide bonds. The van der Waals surface area contributed by atoms with E-state index in [9.17, 15) is 4.79 Å². The van der Waals surface area contributed by atoms with E-state index in [1.165, 1.54) is 21.8 Å². The molecule has 4 aromatic heterocycles. The number of thiophene rings is 2. The van der Waals surface area contributed by atoms with Gasteiger partial charge in [-0.05, 0) is 54.6 Å². The molecule has 6 nitrogen and oxygen atoms in total. The van der Waals surface area contributed by atoms with Gasteiger partial charge in [0, 0.05) is 29.3 Å². The molecule has 5 heterocycles. The number of aromatic nitrogens is 3. The molecule has 1 aliphatic rings. The van der Waals surface area contributed by atoms with E-state index in [4.69, 9.17) is 0 Å². The number of nitrogens with zero attached hydrogens (tertiary/aromatic N) is 2. The van der Waals surface area contributed by atoms with Crippen LogP contribution in [0.25, 0.3) is 44.0 Å². The van der Waals surface area contributed by atoms with Crippen LogP contribution in [0, 0.1) is 0 Å². The topological polar surface area (TPSA) is 74.7 Å². The monoisotopic (exact) mass is 473 g/mol. The Balaban J connectivity index is 1.44. The van der Waals surface area contributed by atoms with Gasteiger partial charge >= 0.3 is 0 Å². The lowest BCUT2D eigenvalue weighted by Crippen LogP contribution is -2.45. The van der Waals surface area contributed by atoms with Crippen molar-refractivity contribution in [2.24, 2.45) is 0 Å². The predicted octanol–water partition coefficient (Wildman–Crippen LogP) is 4.47. The fraction of sp³-hybridized carbons (Fsp3) is 0.200. The lowest BCUT2D eigenvalue weighted by Gasteiger charge is -2.23. The van der Waals surface area contributed by atoms with Crippen molar-refractivity contribution < 1.29 is 4.79 Å². The number of aromatic amines is 1. The summed E-state index contributed by atoms with van der Waals surface area (Å²) < 4.78 is 2.09. The highest BCUT2D eigenvalue weighted by molar-refractivity contribution is 7.21. The molecule has 33 heavy (non-hydrogen) atoms. The van der Waals surface area contributed by atoms with Gasteiger partial charge in [0.1, 0.15) is 15.2 Å². The van der Waals surface area contributed by atoms with Crippen molar-refractivity contribution in [3.8, 4) is 16.1 Å².